The predicted octanol–water partition coefficient (Wildman–Crippen LogP) is 4.32. The average molecular weight is 545 g/mol. The minimum absolute atomic E-state index is 0.0474. The maximum Gasteiger partial charge on any atom is 0.303 e. The van der Waals surface area contributed by atoms with Gasteiger partial charge in [-0.25, -0.2) is 12.8 Å². The molecular weight excluding hydrogens is 511 g/mol. The zero-order chi connectivity index (χ0) is 27.3. The third-order valence-corrected chi connectivity index (χ3v) is 8.75. The van der Waals surface area contributed by atoms with Gasteiger partial charge in [-0.3, -0.25) is 9.48 Å². The number of aliphatic carboxylic acids is 1. The van der Waals surface area contributed by atoms with Gasteiger partial charge in [0.25, 0.3) is 0 Å². The van der Waals surface area contributed by atoms with E-state index in [0.29, 0.717) is 42.7 Å². The predicted molar refractivity (Wildman–Crippen MR) is 139 cm³/mol. The lowest BCUT2D eigenvalue weighted by Gasteiger charge is -2.24. The lowest BCUT2D eigenvalue weighted by Crippen LogP contribution is -2.36. The van der Waals surface area contributed by atoms with Crippen molar-refractivity contribution < 1.29 is 27.4 Å². The van der Waals surface area contributed by atoms with E-state index in [1.165, 1.54) is 10.4 Å². The van der Waals surface area contributed by atoms with Crippen LogP contribution in [-0.4, -0.2) is 51.4 Å². The molecule has 0 spiro atoms. The first-order valence-corrected chi connectivity index (χ1v) is 14.2. The van der Waals surface area contributed by atoms with Crippen molar-refractivity contribution in [2.75, 3.05) is 6.54 Å². The number of benzene rings is 2. The Kier molecular flexibility index (Phi) is 8.78. The molecule has 0 amide bonds. The molecule has 2 heterocycles. The van der Waals surface area contributed by atoms with Gasteiger partial charge in [-0.2, -0.15) is 4.31 Å². The second kappa shape index (κ2) is 12.0. The quantitative estimate of drug-likeness (QED) is 0.382. The molecule has 1 N–H and O–H groups in total. The van der Waals surface area contributed by atoms with Crippen molar-refractivity contribution in [3.8, 4) is 5.75 Å². The van der Waals surface area contributed by atoms with Gasteiger partial charge < -0.3 is 9.84 Å². The third kappa shape index (κ3) is 6.21. The number of nitrogens with zero attached hydrogens (tertiary/aromatic N) is 4. The first kappa shape index (κ1) is 27.7. The Hall–Kier alpha value is -3.31. The number of carboxylic acid groups (broad SMARTS) is 1. The molecule has 0 radical (unpaired) electrons. The van der Waals surface area contributed by atoms with Gasteiger partial charge in [-0.05, 0) is 60.9 Å². The number of para-hydroxylation sites is 1. The highest BCUT2D eigenvalue weighted by atomic mass is 32.2. The molecule has 2 atom stereocenters. The van der Waals surface area contributed by atoms with Crippen LogP contribution in [0.25, 0.3) is 0 Å². The molecule has 38 heavy (non-hydrogen) atoms. The molecule has 0 bridgehead atoms. The average Bonchev–Trinajstić information content (AvgIpc) is 3.34. The van der Waals surface area contributed by atoms with Crippen LogP contribution < -0.4 is 4.74 Å². The van der Waals surface area contributed by atoms with Gasteiger partial charge >= 0.3 is 5.97 Å². The molecule has 4 rings (SSSR count). The number of fused-ring (bicyclic) bond motifs is 1. The molecule has 1 aliphatic heterocycles. The first-order valence-electron chi connectivity index (χ1n) is 12.8. The first-order chi connectivity index (χ1) is 18.2. The monoisotopic (exact) mass is 544 g/mol. The minimum atomic E-state index is -3.91. The summed E-state index contributed by atoms with van der Waals surface area (Å²) in [5.74, 6) is -0.999. The zero-order valence-corrected chi connectivity index (χ0v) is 22.4. The number of carboxylic acids is 1. The fourth-order valence-electron chi connectivity index (χ4n) is 4.70. The highest BCUT2D eigenvalue weighted by Crippen LogP contribution is 2.34. The minimum Gasteiger partial charge on any atom is -0.488 e. The van der Waals surface area contributed by atoms with Gasteiger partial charge in [0, 0.05) is 19.3 Å². The van der Waals surface area contributed by atoms with Crippen LogP contribution in [0.5, 0.6) is 5.75 Å². The number of hydrogen-bond donors (Lipinski definition) is 1. The van der Waals surface area contributed by atoms with Crippen molar-refractivity contribution in [3.05, 3.63) is 71.0 Å². The van der Waals surface area contributed by atoms with E-state index < -0.39 is 22.7 Å². The summed E-state index contributed by atoms with van der Waals surface area (Å²) in [6.45, 7) is 3.87. The number of sulfonamides is 1. The molecule has 0 fully saturated rings. The molecule has 11 heteroatoms. The van der Waals surface area contributed by atoms with E-state index >= 15 is 0 Å². The number of rotatable bonds is 11. The van der Waals surface area contributed by atoms with Crippen molar-refractivity contribution in [2.24, 2.45) is 0 Å². The molecule has 2 aromatic carbocycles. The SMILES string of the molecule is CC[C@@H]1CN(Cc2cc(C(CCc3cn(CC)nn3)CC(=O)O)ccc2CF)S(=O)(=O)c2ccccc2O1. The Morgan fingerprint density at radius 2 is 2.00 bits per heavy atom. The van der Waals surface area contributed by atoms with E-state index in [1.54, 1.807) is 41.1 Å². The lowest BCUT2D eigenvalue weighted by molar-refractivity contribution is -0.137. The molecular formula is C27H33FN4O5S. The molecule has 1 aliphatic rings. The highest BCUT2D eigenvalue weighted by Gasteiger charge is 2.34. The zero-order valence-electron chi connectivity index (χ0n) is 21.6. The van der Waals surface area contributed by atoms with Gasteiger partial charge in [0.15, 0.2) is 0 Å². The van der Waals surface area contributed by atoms with Gasteiger partial charge in [-0.1, -0.05) is 42.5 Å². The number of aryl methyl sites for hydroxylation is 2. The summed E-state index contributed by atoms with van der Waals surface area (Å²) in [6.07, 6.45) is 3.00. The second-order valence-electron chi connectivity index (χ2n) is 9.45. The van der Waals surface area contributed by atoms with Crippen LogP contribution >= 0.6 is 0 Å². The van der Waals surface area contributed by atoms with Gasteiger partial charge in [-0.15, -0.1) is 5.10 Å². The van der Waals surface area contributed by atoms with Crippen molar-refractivity contribution in [3.63, 3.8) is 0 Å². The molecule has 0 aliphatic carbocycles. The number of carbonyl (C=O) groups is 1. The summed E-state index contributed by atoms with van der Waals surface area (Å²) < 4.78 is 50.3. The standard InChI is InChI=1S/C27H33FN4O5S/c1-3-24-18-32(38(35,36)26-8-6-5-7-25(26)37-24)16-22-13-19(9-10-21(22)15-28)20(14-27(33)34)11-12-23-17-31(4-2)30-29-23/h5-10,13,17,20,24H,3-4,11-12,14-16,18H2,1-2H3,(H,33,34)/t20?,24-/m1/s1. The number of aromatic nitrogens is 3. The summed E-state index contributed by atoms with van der Waals surface area (Å²) in [6, 6.07) is 11.6. The number of hydrogen-bond acceptors (Lipinski definition) is 6. The fraction of sp³-hybridized carbons (Fsp3) is 0.444. The summed E-state index contributed by atoms with van der Waals surface area (Å²) in [4.78, 5) is 11.8. The summed E-state index contributed by atoms with van der Waals surface area (Å²) >= 11 is 0. The molecule has 204 valence electrons. The normalized spacial score (nSPS) is 17.8. The fourth-order valence-corrected chi connectivity index (χ4v) is 6.27. The molecule has 3 aromatic rings. The van der Waals surface area contributed by atoms with Crippen LogP contribution in [0.4, 0.5) is 4.39 Å². The Balaban J connectivity index is 1.65. The summed E-state index contributed by atoms with van der Waals surface area (Å²) in [5.41, 5.74) is 2.37. The Labute approximate surface area is 222 Å². The Morgan fingerprint density at radius 3 is 2.68 bits per heavy atom. The maximum atomic E-state index is 14.0. The molecule has 1 aromatic heterocycles. The van der Waals surface area contributed by atoms with Crippen molar-refractivity contribution in [2.45, 2.75) is 76.2 Å². The number of ether oxygens (including phenoxy) is 1. The van der Waals surface area contributed by atoms with Crippen molar-refractivity contribution in [1.29, 1.82) is 0 Å². The van der Waals surface area contributed by atoms with E-state index in [-0.39, 0.29) is 36.4 Å². The van der Waals surface area contributed by atoms with Crippen LogP contribution in [0, 0.1) is 0 Å². The summed E-state index contributed by atoms with van der Waals surface area (Å²) in [7, 11) is -3.91. The topological polar surface area (TPSA) is 115 Å². The third-order valence-electron chi connectivity index (χ3n) is 6.90. The van der Waals surface area contributed by atoms with E-state index in [9.17, 15) is 22.7 Å². The van der Waals surface area contributed by atoms with Gasteiger partial charge in [0.05, 0.1) is 18.7 Å². The molecule has 0 saturated carbocycles. The van der Waals surface area contributed by atoms with Crippen LogP contribution in [0.2, 0.25) is 0 Å². The lowest BCUT2D eigenvalue weighted by atomic mass is 9.88. The number of halogens is 1. The van der Waals surface area contributed by atoms with E-state index in [4.69, 9.17) is 4.74 Å². The largest absolute Gasteiger partial charge is 0.488 e. The van der Waals surface area contributed by atoms with Crippen molar-refractivity contribution in [1.82, 2.24) is 19.3 Å². The van der Waals surface area contributed by atoms with E-state index in [2.05, 4.69) is 10.3 Å². The van der Waals surface area contributed by atoms with Crippen molar-refractivity contribution >= 4 is 16.0 Å². The maximum absolute atomic E-state index is 14.0. The highest BCUT2D eigenvalue weighted by molar-refractivity contribution is 7.89. The van der Waals surface area contributed by atoms with Gasteiger partial charge in [0.1, 0.15) is 23.4 Å². The molecule has 1 unspecified atom stereocenters. The second-order valence-corrected chi connectivity index (χ2v) is 11.4. The molecule has 9 nitrogen and oxygen atoms in total. The van der Waals surface area contributed by atoms with E-state index in [0.717, 1.165) is 11.3 Å². The Morgan fingerprint density at radius 1 is 1.21 bits per heavy atom. The summed E-state index contributed by atoms with van der Waals surface area (Å²) in [5, 5.41) is 17.7. The molecule has 0 saturated heterocycles. The van der Waals surface area contributed by atoms with Crippen LogP contribution in [0.1, 0.15) is 61.4 Å². The number of alkyl halides is 1. The van der Waals surface area contributed by atoms with Gasteiger partial charge in [0.2, 0.25) is 10.0 Å². The van der Waals surface area contributed by atoms with Crippen LogP contribution in [-0.2, 0) is 41.0 Å². The van der Waals surface area contributed by atoms with Crippen LogP contribution in [0.3, 0.4) is 0 Å². The van der Waals surface area contributed by atoms with Crippen LogP contribution in [0.15, 0.2) is 53.6 Å². The smallest absolute Gasteiger partial charge is 0.303 e. The van der Waals surface area contributed by atoms with E-state index in [1.807, 2.05) is 20.0 Å². The Bertz CT molecular complexity index is 1380.